The Labute approximate surface area is 71.1 Å². The van der Waals surface area contributed by atoms with Crippen LogP contribution in [-0.4, -0.2) is 5.91 Å². The van der Waals surface area contributed by atoms with Crippen LogP contribution in [0.25, 0.3) is 0 Å². The highest BCUT2D eigenvalue weighted by Gasteiger charge is 2.31. The van der Waals surface area contributed by atoms with Gasteiger partial charge in [-0.2, -0.15) is 5.26 Å². The maximum absolute atomic E-state index is 11.0. The number of nitrogens with zero attached hydrogens (tertiary/aromatic N) is 1. The van der Waals surface area contributed by atoms with E-state index in [4.69, 9.17) is 5.26 Å². The molecule has 1 N–H and O–H groups in total. The third-order valence-corrected chi connectivity index (χ3v) is 2.32. The van der Waals surface area contributed by atoms with Crippen molar-refractivity contribution in [2.45, 2.75) is 25.7 Å². The van der Waals surface area contributed by atoms with Crippen molar-refractivity contribution >= 4 is 5.91 Å². The van der Waals surface area contributed by atoms with Crippen molar-refractivity contribution in [3.05, 3.63) is 11.3 Å². The first-order valence-electron chi connectivity index (χ1n) is 4.24. The molecule has 0 spiro atoms. The van der Waals surface area contributed by atoms with Gasteiger partial charge in [0.25, 0.3) is 0 Å². The summed E-state index contributed by atoms with van der Waals surface area (Å²) in [5.74, 6) is 0.541. The third-order valence-electron chi connectivity index (χ3n) is 2.32. The number of rotatable bonds is 1. The molecule has 0 aromatic carbocycles. The monoisotopic (exact) mass is 162 g/mol. The summed E-state index contributed by atoms with van der Waals surface area (Å²) in [6.07, 6.45) is 3.36. The number of nitriles is 1. The topological polar surface area (TPSA) is 52.9 Å². The first kappa shape index (κ1) is 7.35. The van der Waals surface area contributed by atoms with E-state index in [1.807, 2.05) is 0 Å². The molecular weight excluding hydrogens is 152 g/mol. The molecule has 3 nitrogen and oxygen atoms in total. The van der Waals surface area contributed by atoms with Crippen molar-refractivity contribution in [3.63, 3.8) is 0 Å². The maximum Gasteiger partial charge on any atom is 0.224 e. The minimum atomic E-state index is 0.0656. The Balaban J connectivity index is 2.26. The standard InChI is InChI=1S/C9H10N2O/c10-5-7-3-4-8(12)11-9(7)6-1-2-6/h6H,1-4H2,(H,11,12). The van der Waals surface area contributed by atoms with Crippen LogP contribution in [0.2, 0.25) is 0 Å². The summed E-state index contributed by atoms with van der Waals surface area (Å²) in [6.45, 7) is 0. The zero-order valence-corrected chi connectivity index (χ0v) is 6.76. The second-order valence-electron chi connectivity index (χ2n) is 3.33. The van der Waals surface area contributed by atoms with Gasteiger partial charge in [-0.05, 0) is 19.3 Å². The van der Waals surface area contributed by atoms with Gasteiger partial charge >= 0.3 is 0 Å². The minimum Gasteiger partial charge on any atom is -0.328 e. The Bertz CT molecular complexity index is 294. The predicted octanol–water partition coefficient (Wildman–Crippen LogP) is 1.08. The highest BCUT2D eigenvalue weighted by atomic mass is 16.1. The molecule has 1 fully saturated rings. The molecule has 1 aliphatic heterocycles. The third kappa shape index (κ3) is 1.20. The van der Waals surface area contributed by atoms with E-state index in [0.29, 0.717) is 18.8 Å². The largest absolute Gasteiger partial charge is 0.328 e. The highest BCUT2D eigenvalue weighted by Crippen LogP contribution is 2.38. The molecule has 1 saturated carbocycles. The van der Waals surface area contributed by atoms with Crippen LogP contribution in [0, 0.1) is 17.2 Å². The van der Waals surface area contributed by atoms with Gasteiger partial charge in [0.1, 0.15) is 0 Å². The summed E-state index contributed by atoms with van der Waals surface area (Å²) in [5.41, 5.74) is 1.70. The van der Waals surface area contributed by atoms with Crippen LogP contribution in [-0.2, 0) is 4.79 Å². The average molecular weight is 162 g/mol. The molecule has 0 saturated heterocycles. The Hall–Kier alpha value is -1.30. The summed E-state index contributed by atoms with van der Waals surface area (Å²) in [5, 5.41) is 11.6. The van der Waals surface area contributed by atoms with E-state index in [0.717, 1.165) is 24.1 Å². The maximum atomic E-state index is 11.0. The summed E-state index contributed by atoms with van der Waals surface area (Å²) in [7, 11) is 0. The van der Waals surface area contributed by atoms with E-state index in [1.165, 1.54) is 0 Å². The van der Waals surface area contributed by atoms with Gasteiger partial charge in [0, 0.05) is 23.6 Å². The summed E-state index contributed by atoms with van der Waals surface area (Å²) < 4.78 is 0. The van der Waals surface area contributed by atoms with Gasteiger partial charge in [-0.25, -0.2) is 0 Å². The van der Waals surface area contributed by atoms with E-state index in [1.54, 1.807) is 0 Å². The number of amides is 1. The minimum absolute atomic E-state index is 0.0656. The van der Waals surface area contributed by atoms with Gasteiger partial charge in [-0.3, -0.25) is 4.79 Å². The van der Waals surface area contributed by atoms with Gasteiger partial charge < -0.3 is 5.32 Å². The number of allylic oxidation sites excluding steroid dienone is 2. The van der Waals surface area contributed by atoms with Gasteiger partial charge in [-0.1, -0.05) is 0 Å². The molecular formula is C9H10N2O. The molecule has 2 rings (SSSR count). The molecule has 62 valence electrons. The number of hydrogen-bond donors (Lipinski definition) is 1. The smallest absolute Gasteiger partial charge is 0.224 e. The van der Waals surface area contributed by atoms with Crippen molar-refractivity contribution in [3.8, 4) is 6.07 Å². The lowest BCUT2D eigenvalue weighted by Gasteiger charge is -2.16. The molecule has 0 unspecified atom stereocenters. The number of hydrogen-bond acceptors (Lipinski definition) is 2. The molecule has 1 aliphatic carbocycles. The van der Waals surface area contributed by atoms with Crippen LogP contribution in [0.1, 0.15) is 25.7 Å². The molecule has 1 amide bonds. The molecule has 0 aromatic heterocycles. The van der Waals surface area contributed by atoms with Crippen LogP contribution < -0.4 is 5.32 Å². The number of carbonyl (C=O) groups is 1. The fraction of sp³-hybridized carbons (Fsp3) is 0.556. The number of carbonyl (C=O) groups excluding carboxylic acids is 1. The fourth-order valence-corrected chi connectivity index (χ4v) is 1.50. The van der Waals surface area contributed by atoms with Crippen LogP contribution in [0.15, 0.2) is 11.3 Å². The van der Waals surface area contributed by atoms with E-state index >= 15 is 0 Å². The second-order valence-corrected chi connectivity index (χ2v) is 3.33. The van der Waals surface area contributed by atoms with E-state index in [9.17, 15) is 4.79 Å². The lowest BCUT2D eigenvalue weighted by molar-refractivity contribution is -0.120. The normalized spacial score (nSPS) is 23.4. The fourth-order valence-electron chi connectivity index (χ4n) is 1.50. The summed E-state index contributed by atoms with van der Waals surface area (Å²) in [6, 6.07) is 2.16. The molecule has 0 radical (unpaired) electrons. The van der Waals surface area contributed by atoms with Crippen LogP contribution >= 0.6 is 0 Å². The molecule has 2 aliphatic rings. The quantitative estimate of drug-likeness (QED) is 0.627. The van der Waals surface area contributed by atoms with Gasteiger partial charge in [0.05, 0.1) is 6.07 Å². The van der Waals surface area contributed by atoms with Crippen molar-refractivity contribution in [2.75, 3.05) is 0 Å². The first-order valence-corrected chi connectivity index (χ1v) is 4.24. The zero-order chi connectivity index (χ0) is 8.55. The van der Waals surface area contributed by atoms with Crippen LogP contribution in [0.3, 0.4) is 0 Å². The lowest BCUT2D eigenvalue weighted by Crippen LogP contribution is -2.28. The van der Waals surface area contributed by atoms with Crippen LogP contribution in [0.4, 0.5) is 0 Å². The Morgan fingerprint density at radius 2 is 2.17 bits per heavy atom. The zero-order valence-electron chi connectivity index (χ0n) is 6.76. The van der Waals surface area contributed by atoms with Gasteiger partial charge in [0.2, 0.25) is 5.91 Å². The Morgan fingerprint density at radius 1 is 1.42 bits per heavy atom. The van der Waals surface area contributed by atoms with Crippen molar-refractivity contribution in [1.82, 2.24) is 5.32 Å². The summed E-state index contributed by atoms with van der Waals surface area (Å²) in [4.78, 5) is 11.0. The Morgan fingerprint density at radius 3 is 2.75 bits per heavy atom. The van der Waals surface area contributed by atoms with Gasteiger partial charge in [0.15, 0.2) is 0 Å². The van der Waals surface area contributed by atoms with E-state index < -0.39 is 0 Å². The molecule has 3 heteroatoms. The van der Waals surface area contributed by atoms with Crippen LogP contribution in [0.5, 0.6) is 0 Å². The molecule has 12 heavy (non-hydrogen) atoms. The molecule has 0 bridgehead atoms. The first-order chi connectivity index (χ1) is 5.81. The highest BCUT2D eigenvalue weighted by molar-refractivity contribution is 5.80. The van der Waals surface area contributed by atoms with Crippen molar-refractivity contribution < 1.29 is 4.79 Å². The SMILES string of the molecule is N#CC1=C(C2CC2)NC(=O)CC1. The average Bonchev–Trinajstić information content (AvgIpc) is 2.87. The van der Waals surface area contributed by atoms with E-state index in [2.05, 4.69) is 11.4 Å². The second kappa shape index (κ2) is 2.63. The van der Waals surface area contributed by atoms with Gasteiger partial charge in [-0.15, -0.1) is 0 Å². The predicted molar refractivity (Wildman–Crippen MR) is 42.7 cm³/mol. The molecule has 1 heterocycles. The van der Waals surface area contributed by atoms with E-state index in [-0.39, 0.29) is 5.91 Å². The summed E-state index contributed by atoms with van der Waals surface area (Å²) >= 11 is 0. The molecule has 0 aromatic rings. The Kier molecular flexibility index (Phi) is 1.61. The number of nitrogens with one attached hydrogen (secondary N) is 1. The molecule has 0 atom stereocenters. The lowest BCUT2D eigenvalue weighted by atomic mass is 10.0. The van der Waals surface area contributed by atoms with Crippen molar-refractivity contribution in [2.24, 2.45) is 5.92 Å². The van der Waals surface area contributed by atoms with Crippen molar-refractivity contribution in [1.29, 1.82) is 5.26 Å².